The van der Waals surface area contributed by atoms with Crippen molar-refractivity contribution in [1.82, 2.24) is 4.98 Å². The first-order valence-corrected chi connectivity index (χ1v) is 3.88. The van der Waals surface area contributed by atoms with E-state index in [1.54, 1.807) is 0 Å². The molecule has 1 aromatic rings. The van der Waals surface area contributed by atoms with Gasteiger partial charge in [-0.15, -0.1) is 0 Å². The van der Waals surface area contributed by atoms with Crippen LogP contribution in [0, 0.1) is 9.52 Å². The maximum atomic E-state index is 12.5. The van der Waals surface area contributed by atoms with Crippen molar-refractivity contribution in [2.75, 3.05) is 0 Å². The molecule has 0 aromatic carbocycles. The van der Waals surface area contributed by atoms with Gasteiger partial charge in [-0.25, -0.2) is 4.98 Å². The topological polar surface area (TPSA) is 12.9 Å². The van der Waals surface area contributed by atoms with Crippen LogP contribution in [-0.2, 0) is 6.18 Å². The van der Waals surface area contributed by atoms with Crippen molar-refractivity contribution in [3.05, 3.63) is 27.3 Å². The molecule has 12 heavy (non-hydrogen) atoms. The largest absolute Gasteiger partial charge is 0.417 e. The first-order valence-electron chi connectivity index (χ1n) is 2.80. The van der Waals surface area contributed by atoms with E-state index >= 15 is 0 Å². The zero-order chi connectivity index (χ0) is 9.35. The molecule has 0 amide bonds. The number of hydrogen-bond acceptors (Lipinski definition) is 1. The maximum absolute atomic E-state index is 12.5. The van der Waals surface area contributed by atoms with Gasteiger partial charge < -0.3 is 0 Å². The molecule has 0 aliphatic heterocycles. The van der Waals surface area contributed by atoms with Crippen LogP contribution in [0.3, 0.4) is 0 Å². The van der Waals surface area contributed by atoms with E-state index in [2.05, 4.69) is 4.98 Å². The van der Waals surface area contributed by atoms with E-state index in [0.29, 0.717) is 0 Å². The predicted octanol–water partition coefficient (Wildman–Crippen LogP) is 2.84. The molecule has 0 fully saturated rings. The van der Waals surface area contributed by atoms with Crippen LogP contribution in [0.4, 0.5) is 17.6 Å². The Kier molecular flexibility index (Phi) is 2.55. The third-order valence-electron chi connectivity index (χ3n) is 1.15. The number of pyridine rings is 1. The Morgan fingerprint density at radius 3 is 2.33 bits per heavy atom. The first-order chi connectivity index (χ1) is 5.43. The molecule has 6 heteroatoms. The lowest BCUT2D eigenvalue weighted by atomic mass is 10.3. The van der Waals surface area contributed by atoms with Crippen LogP contribution in [0.5, 0.6) is 0 Å². The second-order valence-corrected chi connectivity index (χ2v) is 3.04. The minimum absolute atomic E-state index is 0.498. The summed E-state index contributed by atoms with van der Waals surface area (Å²) < 4.78 is 48.1. The second kappa shape index (κ2) is 3.15. The van der Waals surface area contributed by atoms with Crippen LogP contribution < -0.4 is 0 Å². The van der Waals surface area contributed by atoms with Gasteiger partial charge in [0.1, 0.15) is 0 Å². The summed E-state index contributed by atoms with van der Waals surface area (Å²) in [5.74, 6) is -1.09. The van der Waals surface area contributed by atoms with Gasteiger partial charge in [0.05, 0.1) is 9.13 Å². The van der Waals surface area contributed by atoms with Crippen molar-refractivity contribution < 1.29 is 17.6 Å². The lowest BCUT2D eigenvalue weighted by Gasteiger charge is -2.07. The van der Waals surface area contributed by atoms with Gasteiger partial charge in [0.15, 0.2) is 0 Å². The fourth-order valence-corrected chi connectivity index (χ4v) is 1.26. The van der Waals surface area contributed by atoms with E-state index in [0.717, 1.165) is 12.3 Å². The van der Waals surface area contributed by atoms with Gasteiger partial charge in [-0.05, 0) is 28.7 Å². The lowest BCUT2D eigenvalue weighted by Crippen LogP contribution is -2.09. The second-order valence-electron chi connectivity index (χ2n) is 1.96. The van der Waals surface area contributed by atoms with E-state index in [9.17, 15) is 17.6 Å². The number of halogens is 5. The molecule has 0 unspecified atom stereocenters. The van der Waals surface area contributed by atoms with E-state index < -0.39 is 21.3 Å². The highest BCUT2D eigenvalue weighted by molar-refractivity contribution is 14.1. The van der Waals surface area contributed by atoms with E-state index in [1.165, 1.54) is 22.6 Å². The number of rotatable bonds is 0. The zero-order valence-electron chi connectivity index (χ0n) is 5.49. The third kappa shape index (κ3) is 1.85. The standard InChI is InChI=1S/C6H2F4IN/c7-5-4(11)3(1-2-12-5)6(8,9)10/h1-2H. The third-order valence-corrected chi connectivity index (χ3v) is 2.18. The van der Waals surface area contributed by atoms with Crippen LogP contribution in [0.15, 0.2) is 12.3 Å². The quantitative estimate of drug-likeness (QED) is 0.407. The van der Waals surface area contributed by atoms with Crippen LogP contribution in [-0.4, -0.2) is 4.98 Å². The van der Waals surface area contributed by atoms with Gasteiger partial charge in [-0.2, -0.15) is 17.6 Å². The van der Waals surface area contributed by atoms with Gasteiger partial charge >= 0.3 is 6.18 Å². The SMILES string of the molecule is Fc1nccc(C(F)(F)F)c1I. The summed E-state index contributed by atoms with van der Waals surface area (Å²) in [6, 6.07) is 0.741. The van der Waals surface area contributed by atoms with Crippen molar-refractivity contribution in [1.29, 1.82) is 0 Å². The highest BCUT2D eigenvalue weighted by atomic mass is 127. The van der Waals surface area contributed by atoms with E-state index in [-0.39, 0.29) is 0 Å². The minimum atomic E-state index is -4.51. The Bertz CT molecular complexity index is 296. The summed E-state index contributed by atoms with van der Waals surface area (Å²) >= 11 is 1.27. The number of hydrogen-bond donors (Lipinski definition) is 0. The minimum Gasteiger partial charge on any atom is -0.227 e. The monoisotopic (exact) mass is 291 g/mol. The first kappa shape index (κ1) is 9.69. The van der Waals surface area contributed by atoms with Crippen LogP contribution in [0.2, 0.25) is 0 Å². The molecule has 1 nitrogen and oxygen atoms in total. The average molecular weight is 291 g/mol. The van der Waals surface area contributed by atoms with Gasteiger partial charge in [0.25, 0.3) is 0 Å². The number of alkyl halides is 3. The fourth-order valence-electron chi connectivity index (χ4n) is 0.637. The molecule has 1 aromatic heterocycles. The molecule has 0 aliphatic rings. The molecule has 0 bridgehead atoms. The van der Waals surface area contributed by atoms with Crippen LogP contribution in [0.1, 0.15) is 5.56 Å². The molecule has 0 aliphatic carbocycles. The number of aromatic nitrogens is 1. The Labute approximate surface area is 78.9 Å². The maximum Gasteiger partial charge on any atom is 0.417 e. The van der Waals surface area contributed by atoms with Gasteiger partial charge in [-0.1, -0.05) is 0 Å². The summed E-state index contributed by atoms with van der Waals surface area (Å²) in [7, 11) is 0. The predicted molar refractivity (Wildman–Crippen MR) is 41.9 cm³/mol. The normalized spacial score (nSPS) is 11.8. The summed E-state index contributed by atoms with van der Waals surface area (Å²) in [6.07, 6.45) is -3.72. The van der Waals surface area contributed by atoms with Crippen molar-refractivity contribution in [2.24, 2.45) is 0 Å². The van der Waals surface area contributed by atoms with Gasteiger partial charge in [-0.3, -0.25) is 0 Å². The van der Waals surface area contributed by atoms with Crippen molar-refractivity contribution >= 4 is 22.6 Å². The fraction of sp³-hybridized carbons (Fsp3) is 0.167. The molecular weight excluding hydrogens is 289 g/mol. The van der Waals surface area contributed by atoms with Crippen molar-refractivity contribution in [3.63, 3.8) is 0 Å². The molecule has 1 heterocycles. The summed E-state index contributed by atoms with van der Waals surface area (Å²) in [5.41, 5.74) is -0.990. The van der Waals surface area contributed by atoms with Gasteiger partial charge in [0, 0.05) is 6.20 Å². The zero-order valence-corrected chi connectivity index (χ0v) is 7.65. The van der Waals surface area contributed by atoms with Crippen LogP contribution >= 0.6 is 22.6 Å². The molecule has 0 saturated carbocycles. The highest BCUT2D eigenvalue weighted by Crippen LogP contribution is 2.32. The molecule has 0 N–H and O–H groups in total. The van der Waals surface area contributed by atoms with Gasteiger partial charge in [0.2, 0.25) is 5.95 Å². The Hall–Kier alpha value is -0.400. The molecule has 0 saturated heterocycles. The molecule has 0 radical (unpaired) electrons. The van der Waals surface area contributed by atoms with Crippen LogP contribution in [0.25, 0.3) is 0 Å². The highest BCUT2D eigenvalue weighted by Gasteiger charge is 2.34. The number of nitrogens with zero attached hydrogens (tertiary/aromatic N) is 1. The van der Waals surface area contributed by atoms with E-state index in [1.807, 2.05) is 0 Å². The molecule has 0 atom stereocenters. The molecule has 1 rings (SSSR count). The van der Waals surface area contributed by atoms with Crippen molar-refractivity contribution in [3.8, 4) is 0 Å². The Morgan fingerprint density at radius 1 is 1.33 bits per heavy atom. The Balaban J connectivity index is 3.26. The molecular formula is C6H2F4IN. The molecule has 0 spiro atoms. The smallest absolute Gasteiger partial charge is 0.227 e. The molecule has 66 valence electrons. The van der Waals surface area contributed by atoms with Crippen molar-refractivity contribution in [2.45, 2.75) is 6.18 Å². The summed E-state index contributed by atoms with van der Waals surface area (Å²) in [6.45, 7) is 0. The van der Waals surface area contributed by atoms with E-state index in [4.69, 9.17) is 0 Å². The summed E-state index contributed by atoms with van der Waals surface area (Å²) in [5, 5.41) is 0. The lowest BCUT2D eigenvalue weighted by molar-refractivity contribution is -0.138. The average Bonchev–Trinajstić information content (AvgIpc) is 1.92. The Morgan fingerprint density at radius 2 is 1.92 bits per heavy atom. The summed E-state index contributed by atoms with van der Waals surface area (Å²) in [4.78, 5) is 3.08.